The predicted molar refractivity (Wildman–Crippen MR) is 150 cm³/mol. The van der Waals surface area contributed by atoms with Crippen molar-refractivity contribution < 1.29 is 70.0 Å². The van der Waals surface area contributed by atoms with Crippen LogP contribution < -0.4 is 10.5 Å². The summed E-state index contributed by atoms with van der Waals surface area (Å²) in [4.78, 5) is 35.7. The Kier molecular flexibility index (Phi) is 11.9. The molecule has 0 aliphatic carbocycles. The Hall–Kier alpha value is -3.42. The van der Waals surface area contributed by atoms with Crippen molar-refractivity contribution in [3.63, 3.8) is 0 Å². The van der Waals surface area contributed by atoms with Crippen LogP contribution in [0.1, 0.15) is 54.2 Å². The molecule has 0 radical (unpaired) electrons. The van der Waals surface area contributed by atoms with Gasteiger partial charge < -0.3 is 39.3 Å². The van der Waals surface area contributed by atoms with Gasteiger partial charge in [0.15, 0.2) is 23.1 Å². The van der Waals surface area contributed by atoms with E-state index in [9.17, 15) is 14.2 Å². The molecule has 0 bridgehead atoms. The van der Waals surface area contributed by atoms with E-state index in [2.05, 4.69) is 29.5 Å². The molecule has 0 spiro atoms. The number of alkyl halides is 2. The molecule has 260 valence electrons. The number of nitrogen functional groups attached to an aromatic ring is 1. The topological polar surface area (TPSA) is 224 Å². The number of anilines is 1. The fraction of sp³-hybridized carbons (Fsp3) is 0.720. The number of carbonyl (C=O) groups is 2. The van der Waals surface area contributed by atoms with Gasteiger partial charge in [-0.3, -0.25) is 9.09 Å². The number of nitrogens with two attached hydrogens (primary N) is 1. The van der Waals surface area contributed by atoms with E-state index in [0.29, 0.717) is 0 Å². The quantitative estimate of drug-likeness (QED) is 0.136. The normalized spacial score (nSPS) is 23.5. The number of nitrogens with zero attached hydrogens (tertiary/aromatic N) is 4. The van der Waals surface area contributed by atoms with Crippen molar-refractivity contribution in [1.29, 1.82) is 1.43 Å². The van der Waals surface area contributed by atoms with Gasteiger partial charge in [0, 0.05) is 6.61 Å². The maximum Gasteiger partial charge on any atom is 0.510 e. The van der Waals surface area contributed by atoms with Crippen molar-refractivity contribution in [1.82, 2.24) is 19.5 Å². The molecule has 2 aromatic rings. The first kappa shape index (κ1) is 35.4. The molecule has 1 fully saturated rings. The number of ether oxygens (including phenoxy) is 6. The van der Waals surface area contributed by atoms with Crippen molar-refractivity contribution in [3.8, 4) is 5.88 Å². The first-order valence-electron chi connectivity index (χ1n) is 14.4. The molecule has 0 unspecified atom stereocenters. The van der Waals surface area contributed by atoms with Crippen LogP contribution in [0.25, 0.3) is 11.2 Å². The third-order valence-electron chi connectivity index (χ3n) is 6.20. The fourth-order valence-corrected chi connectivity index (χ4v) is 5.30. The molecule has 1 aliphatic rings. The van der Waals surface area contributed by atoms with Gasteiger partial charge in [-0.2, -0.15) is 9.97 Å². The molecule has 21 heteroatoms. The molecule has 3 N–H and O–H groups in total. The summed E-state index contributed by atoms with van der Waals surface area (Å²) in [6, 6.07) is 0. The smallest absolute Gasteiger partial charge is 0.476 e. The number of hydrogen-bond acceptors (Lipinski definition) is 17. The summed E-state index contributed by atoms with van der Waals surface area (Å²) < 4.78 is 100.0. The fourth-order valence-electron chi connectivity index (χ4n) is 4.38. The lowest BCUT2D eigenvalue weighted by molar-refractivity contribution is -0.194. The highest BCUT2D eigenvalue weighted by Gasteiger charge is 2.65. The van der Waals surface area contributed by atoms with Gasteiger partial charge in [0.25, 0.3) is 0 Å². The number of rotatable bonds is 17. The Morgan fingerprint density at radius 3 is 2.28 bits per heavy atom. The highest BCUT2D eigenvalue weighted by Crippen LogP contribution is 2.57. The Bertz CT molecular complexity index is 1390. The number of carbonyl (C=O) groups excluding carboxylic acids is 2. The van der Waals surface area contributed by atoms with Gasteiger partial charge in [-0.1, -0.05) is 0 Å². The van der Waals surface area contributed by atoms with E-state index < -0.39 is 89.2 Å². The molecule has 18 nitrogen and oxygen atoms in total. The van der Waals surface area contributed by atoms with E-state index in [4.69, 9.17) is 39.7 Å². The number of halogens is 2. The first-order valence-corrected chi connectivity index (χ1v) is 15.5. The minimum absolute atomic E-state index is 0.00413. The van der Waals surface area contributed by atoms with Crippen LogP contribution in [0.15, 0.2) is 6.33 Å². The molecule has 46 heavy (non-hydrogen) atoms. The lowest BCUT2D eigenvalue weighted by Gasteiger charge is -2.30. The molecule has 0 saturated carbocycles. The van der Waals surface area contributed by atoms with Crippen LogP contribution in [0.4, 0.5) is 24.3 Å². The van der Waals surface area contributed by atoms with Crippen LogP contribution in [0.5, 0.6) is 5.88 Å². The van der Waals surface area contributed by atoms with E-state index in [1.165, 1.54) is 27.7 Å². The van der Waals surface area contributed by atoms with Gasteiger partial charge in [-0.05, 0) is 48.0 Å². The lowest BCUT2D eigenvalue weighted by atomic mass is 9.84. The van der Waals surface area contributed by atoms with Gasteiger partial charge in [0.05, 0.1) is 31.1 Å². The number of imidazole rings is 1. The van der Waals surface area contributed by atoms with Crippen LogP contribution in [-0.2, 0) is 41.8 Å². The summed E-state index contributed by atoms with van der Waals surface area (Å²) >= 11 is 0. The van der Waals surface area contributed by atoms with Crippen LogP contribution in [-0.4, -0.2) is 95.5 Å². The van der Waals surface area contributed by atoms with E-state index in [0.717, 1.165) is 17.8 Å². The Morgan fingerprint density at radius 2 is 1.74 bits per heavy atom. The summed E-state index contributed by atoms with van der Waals surface area (Å²) in [6.45, 7) is 5.14. The molecule has 1 saturated heterocycles. The van der Waals surface area contributed by atoms with Crippen molar-refractivity contribution in [2.24, 2.45) is 5.92 Å². The Labute approximate surface area is 263 Å². The Balaban J connectivity index is 1.88. The van der Waals surface area contributed by atoms with Crippen molar-refractivity contribution >= 4 is 37.2 Å². The molecule has 0 aromatic carbocycles. The predicted octanol–water partition coefficient (Wildman–Crippen LogP) is 3.92. The monoisotopic (exact) mass is 687 g/mol. The maximum atomic E-state index is 16.8. The van der Waals surface area contributed by atoms with Gasteiger partial charge in [0.2, 0.25) is 32.7 Å². The van der Waals surface area contributed by atoms with Gasteiger partial charge in [0.1, 0.15) is 6.61 Å². The van der Waals surface area contributed by atoms with Crippen molar-refractivity contribution in [3.05, 3.63) is 6.33 Å². The zero-order valence-electron chi connectivity index (χ0n) is 27.0. The van der Waals surface area contributed by atoms with Crippen molar-refractivity contribution in [2.75, 3.05) is 39.1 Å². The summed E-state index contributed by atoms with van der Waals surface area (Å²) in [5, 5.41) is 4.32. The molecule has 1 aliphatic heterocycles. The number of phosphoric ester groups is 1. The molecular formula is C25H38F2N5O13P. The highest BCUT2D eigenvalue weighted by atomic mass is 31.2. The second kappa shape index (κ2) is 15.4. The largest absolute Gasteiger partial charge is 0.510 e. The van der Waals surface area contributed by atoms with Crippen LogP contribution in [0.3, 0.4) is 0 Å². The average Bonchev–Trinajstić information content (AvgIpc) is 3.45. The zero-order chi connectivity index (χ0) is 35.0. The average molecular weight is 688 g/mol. The molecule has 4 atom stereocenters. The number of aliphatic hydroxyl groups excluding tert-OH is 1. The van der Waals surface area contributed by atoms with Crippen LogP contribution in [0, 0.1) is 5.92 Å². The van der Waals surface area contributed by atoms with E-state index >= 15 is 8.78 Å². The number of fused-ring (bicyclic) bond motifs is 1. The number of phosphoric acid groups is 1. The standard InChI is InChI=1S/C25H38F2N5O13P/c1-7-37-19-17-18(30-21(28)31-19)32(11-29-17)20-24(6,26)16(8-9-33)25(27,45-20)10-40-46(36,41-12-38-22(34)43-14(2)3)42-13-39-23(35)44-15(4)5/h11,14-16,20,33H,7-10,12-13H2,1-6H3,(H2,28,30,31)/t16-,20+,24+,25+/m0/s1/i33T. The van der Waals surface area contributed by atoms with Gasteiger partial charge in [-0.25, -0.2) is 37.0 Å². The molecular weight excluding hydrogens is 647 g/mol. The third-order valence-corrected chi connectivity index (χ3v) is 7.49. The molecule has 2 aromatic heterocycles. The van der Waals surface area contributed by atoms with Gasteiger partial charge >= 0.3 is 20.1 Å². The number of hydrogen-bond donors (Lipinski definition) is 2. The summed E-state index contributed by atoms with van der Waals surface area (Å²) in [7, 11) is -4.98. The minimum Gasteiger partial charge on any atom is -0.476 e. The van der Waals surface area contributed by atoms with E-state index in [-0.39, 0.29) is 29.6 Å². The summed E-state index contributed by atoms with van der Waals surface area (Å²) in [6.07, 6.45) is -4.65. The van der Waals surface area contributed by atoms with Gasteiger partial charge in [-0.15, -0.1) is 0 Å². The van der Waals surface area contributed by atoms with Crippen LogP contribution in [0.2, 0.25) is 0 Å². The maximum absolute atomic E-state index is 16.8. The number of aromatic nitrogens is 4. The second-order valence-electron chi connectivity index (χ2n) is 10.4. The molecule has 0 amide bonds. The minimum atomic E-state index is -4.98. The zero-order valence-corrected chi connectivity index (χ0v) is 26.9. The number of aliphatic hydroxyl groups is 1. The van der Waals surface area contributed by atoms with Crippen molar-refractivity contribution in [2.45, 2.75) is 77.9 Å². The molecule has 3 rings (SSSR count). The first-order chi connectivity index (χ1) is 22.0. The third kappa shape index (κ3) is 9.10. The SMILES string of the molecule is [3H]OCC[C@H]1[C@@](C)(F)[C@H](n2cnc3c(OCC)nc(N)nc32)O[C@]1(F)COP(=O)(OCOC(=O)OC(C)C)OCOC(=O)OC(C)C. The summed E-state index contributed by atoms with van der Waals surface area (Å²) in [5.41, 5.74) is 3.25. The lowest BCUT2D eigenvalue weighted by Crippen LogP contribution is -2.42. The Morgan fingerprint density at radius 1 is 1.13 bits per heavy atom. The van der Waals surface area contributed by atoms with E-state index in [1.807, 2.05) is 0 Å². The highest BCUT2D eigenvalue weighted by molar-refractivity contribution is 7.48. The summed E-state index contributed by atoms with van der Waals surface area (Å²) in [5.74, 6) is -5.10. The second-order valence-corrected chi connectivity index (χ2v) is 12.1. The molecule has 3 heterocycles. The van der Waals surface area contributed by atoms with Crippen LogP contribution >= 0.6 is 7.82 Å². The van der Waals surface area contributed by atoms with E-state index in [1.54, 1.807) is 6.92 Å².